The molecule has 42 heavy (non-hydrogen) atoms. The normalized spacial score (nSPS) is 14.8. The molecule has 1 aromatic heterocycles. The molecule has 1 fully saturated rings. The topological polar surface area (TPSA) is 126 Å². The molecule has 0 spiro atoms. The minimum absolute atomic E-state index is 0.0212. The first kappa shape index (κ1) is 30.8. The van der Waals surface area contributed by atoms with Crippen LogP contribution in [-0.2, 0) is 16.9 Å². The van der Waals surface area contributed by atoms with Gasteiger partial charge in [-0.2, -0.15) is 0 Å². The summed E-state index contributed by atoms with van der Waals surface area (Å²) in [4.78, 5) is 30.4. The molecule has 2 amide bonds. The molecule has 0 saturated heterocycles. The van der Waals surface area contributed by atoms with E-state index in [1.54, 1.807) is 18.2 Å². The fraction of sp³-hybridized carbons (Fsp3) is 0.452. The lowest BCUT2D eigenvalue weighted by Crippen LogP contribution is -2.50. The molecule has 3 N–H and O–H groups in total. The summed E-state index contributed by atoms with van der Waals surface area (Å²) in [7, 11) is 1.54. The lowest BCUT2D eigenvalue weighted by molar-refractivity contribution is -0.119. The van der Waals surface area contributed by atoms with Gasteiger partial charge in [-0.05, 0) is 43.0 Å². The maximum Gasteiger partial charge on any atom is 0.405 e. The number of nitrogens with two attached hydrogens (primary N) is 1. The van der Waals surface area contributed by atoms with Crippen molar-refractivity contribution in [2.24, 2.45) is 23.0 Å². The molecule has 9 nitrogen and oxygen atoms in total. The van der Waals surface area contributed by atoms with Gasteiger partial charge in [0.25, 0.3) is 5.91 Å². The zero-order valence-electron chi connectivity index (χ0n) is 24.7. The monoisotopic (exact) mass is 585 g/mol. The van der Waals surface area contributed by atoms with E-state index >= 15 is 0 Å². The van der Waals surface area contributed by atoms with Gasteiger partial charge in [0, 0.05) is 35.1 Å². The van der Waals surface area contributed by atoms with Crippen molar-refractivity contribution in [3.8, 4) is 23.0 Å². The number of hydrogen-bond donors (Lipinski definition) is 2. The van der Waals surface area contributed by atoms with Crippen LogP contribution in [0.15, 0.2) is 40.8 Å². The Labute approximate surface area is 243 Å². The summed E-state index contributed by atoms with van der Waals surface area (Å²) >= 11 is 0. The summed E-state index contributed by atoms with van der Waals surface area (Å²) in [6.45, 7) is 9.37. The quantitative estimate of drug-likeness (QED) is 0.269. The van der Waals surface area contributed by atoms with Gasteiger partial charge in [0.05, 0.1) is 13.7 Å². The molecule has 1 heterocycles. The van der Waals surface area contributed by atoms with Gasteiger partial charge < -0.3 is 29.7 Å². The molecule has 226 valence electrons. The number of methoxy groups -OCH3 is 1. The van der Waals surface area contributed by atoms with Crippen LogP contribution in [-0.4, -0.2) is 30.7 Å². The van der Waals surface area contributed by atoms with E-state index in [0.29, 0.717) is 29.6 Å². The first-order valence-corrected chi connectivity index (χ1v) is 13.8. The van der Waals surface area contributed by atoms with E-state index in [1.165, 1.54) is 13.2 Å². The van der Waals surface area contributed by atoms with E-state index in [0.717, 1.165) is 25.0 Å². The Morgan fingerprint density at radius 1 is 1.12 bits per heavy atom. The summed E-state index contributed by atoms with van der Waals surface area (Å²) in [5, 5.41) is 2.63. The molecule has 1 atom stereocenters. The van der Waals surface area contributed by atoms with Crippen LogP contribution in [0.4, 0.5) is 13.6 Å². The summed E-state index contributed by atoms with van der Waals surface area (Å²) in [6.07, 6.45) is 1.15. The average molecular weight is 586 g/mol. The first-order chi connectivity index (χ1) is 19.8. The standard InChI is InChI=1S/C31H37F2N3O6/c1-17(2)31(30(3,4)5,42-29(34)38)26-25(27(37)35-15-20-9-11-21(32)14-22(20)33)36-28(41-26)19-10-12-23(39-6)24(13-19)40-16-18-7-8-18/h9-14,17-18H,7-8,15-16H2,1-6H3,(H2,34,38)(H,35,37)/t31-/m1/s1. The highest BCUT2D eigenvalue weighted by molar-refractivity contribution is 5.94. The highest BCUT2D eigenvalue weighted by atomic mass is 19.1. The number of nitrogens with zero attached hydrogens (tertiary/aromatic N) is 1. The fourth-order valence-corrected chi connectivity index (χ4v) is 5.13. The summed E-state index contributed by atoms with van der Waals surface area (Å²) < 4.78 is 51.3. The number of carbonyl (C=O) groups excluding carboxylic acids is 2. The molecule has 1 aliphatic carbocycles. The number of rotatable bonds is 11. The third-order valence-corrected chi connectivity index (χ3v) is 7.40. The maximum atomic E-state index is 14.3. The molecule has 3 aromatic rings. The molecule has 0 bridgehead atoms. The van der Waals surface area contributed by atoms with Crippen molar-refractivity contribution < 1.29 is 37.0 Å². The smallest absolute Gasteiger partial charge is 0.405 e. The molecular formula is C31H37F2N3O6. The van der Waals surface area contributed by atoms with Gasteiger partial charge >= 0.3 is 6.09 Å². The lowest BCUT2D eigenvalue weighted by Gasteiger charge is -2.44. The van der Waals surface area contributed by atoms with E-state index in [1.807, 2.05) is 34.6 Å². The van der Waals surface area contributed by atoms with Crippen LogP contribution >= 0.6 is 0 Å². The minimum Gasteiger partial charge on any atom is -0.493 e. The molecule has 1 aliphatic rings. The van der Waals surface area contributed by atoms with Gasteiger partial charge in [-0.3, -0.25) is 4.79 Å². The summed E-state index contributed by atoms with van der Waals surface area (Å²) in [5.41, 5.74) is 3.57. The van der Waals surface area contributed by atoms with Gasteiger partial charge in [0.15, 0.2) is 28.6 Å². The third-order valence-electron chi connectivity index (χ3n) is 7.40. The van der Waals surface area contributed by atoms with Crippen LogP contribution in [0.1, 0.15) is 69.3 Å². The molecule has 0 radical (unpaired) electrons. The predicted molar refractivity (Wildman–Crippen MR) is 151 cm³/mol. The zero-order chi connectivity index (χ0) is 30.8. The molecule has 1 saturated carbocycles. The number of benzene rings is 2. The van der Waals surface area contributed by atoms with Crippen molar-refractivity contribution in [3.63, 3.8) is 0 Å². The van der Waals surface area contributed by atoms with Crippen LogP contribution in [0.3, 0.4) is 0 Å². The highest BCUT2D eigenvalue weighted by Gasteiger charge is 2.55. The van der Waals surface area contributed by atoms with Crippen molar-refractivity contribution in [3.05, 3.63) is 65.1 Å². The summed E-state index contributed by atoms with van der Waals surface area (Å²) in [6, 6.07) is 8.19. The van der Waals surface area contributed by atoms with Crippen LogP contribution in [0.5, 0.6) is 11.5 Å². The van der Waals surface area contributed by atoms with Gasteiger partial charge in [-0.25, -0.2) is 18.6 Å². The first-order valence-electron chi connectivity index (χ1n) is 13.8. The van der Waals surface area contributed by atoms with Crippen molar-refractivity contribution in [2.75, 3.05) is 13.7 Å². The van der Waals surface area contributed by atoms with Gasteiger partial charge in [0.1, 0.15) is 11.6 Å². The Kier molecular flexibility index (Phi) is 8.79. The van der Waals surface area contributed by atoms with E-state index in [9.17, 15) is 18.4 Å². The molecule has 0 unspecified atom stereocenters. The highest BCUT2D eigenvalue weighted by Crippen LogP contribution is 2.50. The van der Waals surface area contributed by atoms with Crippen LogP contribution < -0.4 is 20.5 Å². The van der Waals surface area contributed by atoms with Crippen LogP contribution in [0.2, 0.25) is 0 Å². The van der Waals surface area contributed by atoms with Gasteiger partial charge in [-0.1, -0.05) is 40.7 Å². The molecular weight excluding hydrogens is 548 g/mol. The Bertz CT molecular complexity index is 1460. The minimum atomic E-state index is -1.53. The molecule has 0 aliphatic heterocycles. The number of ether oxygens (including phenoxy) is 3. The molecule has 11 heteroatoms. The zero-order valence-corrected chi connectivity index (χ0v) is 24.7. The second kappa shape index (κ2) is 12.0. The number of amides is 2. The largest absolute Gasteiger partial charge is 0.493 e. The number of primary amides is 1. The SMILES string of the molecule is COc1ccc(-c2nc(C(=O)NCc3ccc(F)cc3F)c([C@](OC(N)=O)(C(C)C)C(C)(C)C)o2)cc1OCC1CC1. The second-order valence-corrected chi connectivity index (χ2v) is 11.8. The van der Waals surface area contributed by atoms with Crippen LogP contribution in [0, 0.1) is 28.9 Å². The van der Waals surface area contributed by atoms with E-state index in [-0.39, 0.29) is 29.5 Å². The average Bonchev–Trinajstić information content (AvgIpc) is 3.64. The second-order valence-electron chi connectivity index (χ2n) is 11.8. The number of aromatic nitrogens is 1. The van der Waals surface area contributed by atoms with Crippen molar-refractivity contribution in [2.45, 2.75) is 59.6 Å². The Balaban J connectivity index is 1.82. The number of carbonyl (C=O) groups is 2. The third kappa shape index (κ3) is 6.34. The number of nitrogens with one attached hydrogen (secondary N) is 1. The number of hydrogen-bond acceptors (Lipinski definition) is 7. The van der Waals surface area contributed by atoms with E-state index in [2.05, 4.69) is 10.3 Å². The van der Waals surface area contributed by atoms with Crippen molar-refractivity contribution in [1.82, 2.24) is 10.3 Å². The van der Waals surface area contributed by atoms with Crippen molar-refractivity contribution in [1.29, 1.82) is 0 Å². The fourth-order valence-electron chi connectivity index (χ4n) is 5.13. The number of halogens is 2. The van der Waals surface area contributed by atoms with E-state index in [4.69, 9.17) is 24.4 Å². The predicted octanol–water partition coefficient (Wildman–Crippen LogP) is 6.34. The maximum absolute atomic E-state index is 14.3. The summed E-state index contributed by atoms with van der Waals surface area (Å²) in [5.74, 6) is -1.15. The van der Waals surface area contributed by atoms with Gasteiger partial charge in [0.2, 0.25) is 5.89 Å². The Morgan fingerprint density at radius 3 is 2.40 bits per heavy atom. The lowest BCUT2D eigenvalue weighted by atomic mass is 9.67. The van der Waals surface area contributed by atoms with E-state index < -0.39 is 40.6 Å². The van der Waals surface area contributed by atoms with Gasteiger partial charge in [-0.15, -0.1) is 0 Å². The number of oxazole rings is 1. The molecule has 2 aromatic carbocycles. The van der Waals surface area contributed by atoms with Crippen LogP contribution in [0.25, 0.3) is 11.5 Å². The van der Waals surface area contributed by atoms with Crippen molar-refractivity contribution >= 4 is 12.0 Å². The Morgan fingerprint density at radius 2 is 1.83 bits per heavy atom. The Hall–Kier alpha value is -4.15. The molecule has 4 rings (SSSR count).